The van der Waals surface area contributed by atoms with Crippen molar-refractivity contribution in [1.82, 2.24) is 0 Å². The fraction of sp³-hybridized carbons (Fsp3) is 0.300. The van der Waals surface area contributed by atoms with Crippen molar-refractivity contribution in [3.05, 3.63) is 33.5 Å². The lowest BCUT2D eigenvalue weighted by Crippen LogP contribution is -2.10. The molecule has 0 amide bonds. The first-order valence-electron chi connectivity index (χ1n) is 4.00. The Morgan fingerprint density at radius 2 is 2.00 bits per heavy atom. The Morgan fingerprint density at radius 1 is 1.43 bits per heavy atom. The number of hydrogen-bond donors (Lipinski definition) is 0. The molecule has 76 valence electrons. The summed E-state index contributed by atoms with van der Waals surface area (Å²) in [5.41, 5.74) is -1.46. The highest BCUT2D eigenvalue weighted by atomic mass is 79.9. The number of halogens is 3. The zero-order valence-electron chi connectivity index (χ0n) is 7.77. The summed E-state index contributed by atoms with van der Waals surface area (Å²) in [6.45, 7) is 2.70. The molecule has 0 N–H and O–H groups in total. The van der Waals surface area contributed by atoms with E-state index >= 15 is 0 Å². The van der Waals surface area contributed by atoms with Gasteiger partial charge in [-0.15, -0.1) is 0 Å². The number of alkyl halides is 1. The number of benzene rings is 1. The summed E-state index contributed by atoms with van der Waals surface area (Å²) in [5, 5.41) is 0. The summed E-state index contributed by atoms with van der Waals surface area (Å²) in [4.78, 5) is 10.5. The van der Waals surface area contributed by atoms with Crippen LogP contribution in [-0.4, -0.2) is 6.29 Å². The fourth-order valence-corrected chi connectivity index (χ4v) is 1.51. The lowest BCUT2D eigenvalue weighted by atomic mass is 9.98. The van der Waals surface area contributed by atoms with Crippen molar-refractivity contribution in [3.63, 3.8) is 0 Å². The third kappa shape index (κ3) is 2.18. The van der Waals surface area contributed by atoms with E-state index in [4.69, 9.17) is 0 Å². The van der Waals surface area contributed by atoms with Crippen molar-refractivity contribution in [2.75, 3.05) is 0 Å². The Labute approximate surface area is 89.3 Å². The topological polar surface area (TPSA) is 17.1 Å². The van der Waals surface area contributed by atoms with E-state index in [0.29, 0.717) is 6.29 Å². The van der Waals surface area contributed by atoms with Crippen LogP contribution in [0.3, 0.4) is 0 Å². The van der Waals surface area contributed by atoms with Crippen LogP contribution in [0, 0.1) is 5.82 Å². The molecule has 1 rings (SSSR count). The first-order chi connectivity index (χ1) is 6.36. The molecule has 0 saturated carbocycles. The normalized spacial score (nSPS) is 11.5. The highest BCUT2D eigenvalue weighted by molar-refractivity contribution is 9.10. The Bertz CT molecular complexity index is 369. The molecule has 0 spiro atoms. The number of aldehydes is 1. The zero-order chi connectivity index (χ0) is 10.9. The number of carbonyl (C=O) groups is 1. The van der Waals surface area contributed by atoms with Gasteiger partial charge in [-0.25, -0.2) is 8.78 Å². The van der Waals surface area contributed by atoms with Gasteiger partial charge in [-0.2, -0.15) is 0 Å². The third-order valence-electron chi connectivity index (χ3n) is 1.87. The van der Waals surface area contributed by atoms with Crippen LogP contribution in [0.5, 0.6) is 0 Å². The molecule has 0 unspecified atom stereocenters. The van der Waals surface area contributed by atoms with Crippen molar-refractivity contribution in [3.8, 4) is 0 Å². The summed E-state index contributed by atoms with van der Waals surface area (Å²) >= 11 is 2.93. The summed E-state index contributed by atoms with van der Waals surface area (Å²) in [6.07, 6.45) is 0.370. The molecule has 1 nitrogen and oxygen atoms in total. The molecule has 0 fully saturated rings. The van der Waals surface area contributed by atoms with Gasteiger partial charge in [0.15, 0.2) is 6.29 Å². The van der Waals surface area contributed by atoms with Crippen molar-refractivity contribution in [2.24, 2.45) is 0 Å². The minimum atomic E-state index is -1.59. The molecule has 0 aliphatic heterocycles. The van der Waals surface area contributed by atoms with Gasteiger partial charge in [-0.1, -0.05) is 0 Å². The predicted molar refractivity (Wildman–Crippen MR) is 53.6 cm³/mol. The van der Waals surface area contributed by atoms with Gasteiger partial charge in [-0.05, 0) is 47.5 Å². The molecule has 0 heterocycles. The zero-order valence-corrected chi connectivity index (χ0v) is 9.36. The van der Waals surface area contributed by atoms with E-state index in [1.54, 1.807) is 0 Å². The van der Waals surface area contributed by atoms with Gasteiger partial charge in [-0.3, -0.25) is 4.79 Å². The quantitative estimate of drug-likeness (QED) is 0.745. The maximum absolute atomic E-state index is 13.5. The van der Waals surface area contributed by atoms with Crippen LogP contribution >= 0.6 is 15.9 Å². The monoisotopic (exact) mass is 262 g/mol. The van der Waals surface area contributed by atoms with E-state index in [-0.39, 0.29) is 15.6 Å². The molecule has 0 aliphatic carbocycles. The van der Waals surface area contributed by atoms with Gasteiger partial charge in [0.05, 0.1) is 10.0 Å². The second-order valence-electron chi connectivity index (χ2n) is 3.45. The van der Waals surface area contributed by atoms with Crippen LogP contribution in [0.1, 0.15) is 29.8 Å². The SMILES string of the molecule is CC(C)(F)c1cc(Br)c(F)c(C=O)c1. The largest absolute Gasteiger partial charge is 0.298 e. The Balaban J connectivity index is 3.37. The third-order valence-corrected chi connectivity index (χ3v) is 2.45. The molecule has 1 aromatic rings. The first-order valence-corrected chi connectivity index (χ1v) is 4.79. The highest BCUT2D eigenvalue weighted by Gasteiger charge is 2.21. The van der Waals surface area contributed by atoms with Crippen molar-refractivity contribution < 1.29 is 13.6 Å². The summed E-state index contributed by atoms with van der Waals surface area (Å²) < 4.78 is 26.8. The van der Waals surface area contributed by atoms with E-state index < -0.39 is 11.5 Å². The van der Waals surface area contributed by atoms with Crippen LogP contribution in [0.15, 0.2) is 16.6 Å². The van der Waals surface area contributed by atoms with Crippen LogP contribution < -0.4 is 0 Å². The van der Waals surface area contributed by atoms with Gasteiger partial charge in [0.1, 0.15) is 11.5 Å². The molecule has 0 aromatic heterocycles. The Morgan fingerprint density at radius 3 is 2.43 bits per heavy atom. The Hall–Kier alpha value is -0.770. The summed E-state index contributed by atoms with van der Waals surface area (Å²) in [5.74, 6) is -0.659. The van der Waals surface area contributed by atoms with Gasteiger partial charge in [0.25, 0.3) is 0 Å². The van der Waals surface area contributed by atoms with Crippen LogP contribution in [-0.2, 0) is 5.67 Å². The van der Waals surface area contributed by atoms with Gasteiger partial charge in [0.2, 0.25) is 0 Å². The fourth-order valence-electron chi connectivity index (χ4n) is 1.04. The number of hydrogen-bond acceptors (Lipinski definition) is 1. The molecular formula is C10H9BrF2O. The van der Waals surface area contributed by atoms with Gasteiger partial charge >= 0.3 is 0 Å². The van der Waals surface area contributed by atoms with Crippen LogP contribution in [0.2, 0.25) is 0 Å². The van der Waals surface area contributed by atoms with Crippen molar-refractivity contribution in [2.45, 2.75) is 19.5 Å². The van der Waals surface area contributed by atoms with Gasteiger partial charge < -0.3 is 0 Å². The van der Waals surface area contributed by atoms with E-state index in [0.717, 1.165) is 0 Å². The second kappa shape index (κ2) is 3.77. The van der Waals surface area contributed by atoms with E-state index in [9.17, 15) is 13.6 Å². The molecular weight excluding hydrogens is 254 g/mol. The van der Waals surface area contributed by atoms with E-state index in [1.165, 1.54) is 26.0 Å². The molecule has 0 radical (unpaired) electrons. The number of rotatable bonds is 2. The average molecular weight is 263 g/mol. The average Bonchev–Trinajstić information content (AvgIpc) is 2.07. The van der Waals surface area contributed by atoms with Crippen molar-refractivity contribution in [1.29, 1.82) is 0 Å². The number of carbonyl (C=O) groups excluding carboxylic acids is 1. The van der Waals surface area contributed by atoms with Crippen LogP contribution in [0.25, 0.3) is 0 Å². The molecule has 14 heavy (non-hydrogen) atoms. The summed E-state index contributed by atoms with van der Waals surface area (Å²) in [7, 11) is 0. The lowest BCUT2D eigenvalue weighted by Gasteiger charge is -2.15. The van der Waals surface area contributed by atoms with Crippen LogP contribution in [0.4, 0.5) is 8.78 Å². The Kier molecular flexibility index (Phi) is 3.04. The van der Waals surface area contributed by atoms with Crippen molar-refractivity contribution >= 4 is 22.2 Å². The maximum Gasteiger partial charge on any atom is 0.153 e. The molecule has 4 heteroatoms. The standard InChI is InChI=1S/C10H9BrF2O/c1-10(2,13)7-3-6(5-14)9(12)8(11)4-7/h3-5H,1-2H3. The molecule has 0 saturated heterocycles. The minimum absolute atomic E-state index is 0.0998. The highest BCUT2D eigenvalue weighted by Crippen LogP contribution is 2.29. The van der Waals surface area contributed by atoms with E-state index in [1.807, 2.05) is 0 Å². The lowest BCUT2D eigenvalue weighted by molar-refractivity contribution is 0.111. The maximum atomic E-state index is 13.5. The van der Waals surface area contributed by atoms with E-state index in [2.05, 4.69) is 15.9 Å². The summed E-state index contributed by atoms with van der Waals surface area (Å²) in [6, 6.07) is 2.55. The molecule has 0 aliphatic rings. The van der Waals surface area contributed by atoms with Gasteiger partial charge in [0, 0.05) is 0 Å². The molecule has 0 bridgehead atoms. The predicted octanol–water partition coefficient (Wildman–Crippen LogP) is 3.61. The molecule has 1 aromatic carbocycles. The first kappa shape index (κ1) is 11.3. The minimum Gasteiger partial charge on any atom is -0.298 e. The molecule has 0 atom stereocenters. The second-order valence-corrected chi connectivity index (χ2v) is 4.31. The smallest absolute Gasteiger partial charge is 0.153 e.